The number of benzene rings is 1. The summed E-state index contributed by atoms with van der Waals surface area (Å²) < 4.78 is 15.4. The third-order valence-corrected chi connectivity index (χ3v) is 3.31. The highest BCUT2D eigenvalue weighted by atomic mass is 79.9. The summed E-state index contributed by atoms with van der Waals surface area (Å²) in [6.45, 7) is 0.365. The van der Waals surface area contributed by atoms with Crippen LogP contribution in [0.25, 0.3) is 0 Å². The monoisotopic (exact) mass is 312 g/mol. The largest absolute Gasteiger partial charge is 0.409 e. The quantitative estimate of drug-likeness (QED) is 0.393. The number of nitrogens with two attached hydrogens (primary N) is 1. The SMILES string of the molecule is N/C(=N/O)c1nccn1Cc1cccc(F)c1Br. The normalized spacial score (nSPS) is 11.8. The Morgan fingerprint density at radius 2 is 2.33 bits per heavy atom. The Kier molecular flexibility index (Phi) is 3.61. The molecule has 94 valence electrons. The van der Waals surface area contributed by atoms with Crippen molar-refractivity contribution < 1.29 is 9.60 Å². The van der Waals surface area contributed by atoms with Crippen molar-refractivity contribution in [1.82, 2.24) is 9.55 Å². The summed E-state index contributed by atoms with van der Waals surface area (Å²) in [5, 5.41) is 11.5. The molecule has 0 radical (unpaired) electrons. The van der Waals surface area contributed by atoms with Crippen LogP contribution in [0.3, 0.4) is 0 Å². The zero-order chi connectivity index (χ0) is 13.1. The van der Waals surface area contributed by atoms with E-state index in [0.717, 1.165) is 5.56 Å². The van der Waals surface area contributed by atoms with Crippen molar-refractivity contribution in [2.75, 3.05) is 0 Å². The minimum Gasteiger partial charge on any atom is -0.409 e. The molecule has 0 atom stereocenters. The van der Waals surface area contributed by atoms with Crippen molar-refractivity contribution in [3.05, 3.63) is 52.3 Å². The molecule has 0 aliphatic heterocycles. The molecule has 0 saturated carbocycles. The minimum atomic E-state index is -0.335. The smallest absolute Gasteiger partial charge is 0.206 e. The van der Waals surface area contributed by atoms with E-state index in [1.807, 2.05) is 0 Å². The highest BCUT2D eigenvalue weighted by Gasteiger charge is 2.11. The molecule has 0 unspecified atom stereocenters. The van der Waals surface area contributed by atoms with Crippen LogP contribution < -0.4 is 5.73 Å². The first-order valence-electron chi connectivity index (χ1n) is 5.05. The number of amidine groups is 1. The molecule has 18 heavy (non-hydrogen) atoms. The molecule has 1 aromatic carbocycles. The average molecular weight is 313 g/mol. The van der Waals surface area contributed by atoms with Crippen molar-refractivity contribution in [2.45, 2.75) is 6.54 Å². The molecule has 3 N–H and O–H groups in total. The van der Waals surface area contributed by atoms with Gasteiger partial charge in [0.25, 0.3) is 0 Å². The first-order valence-corrected chi connectivity index (χ1v) is 5.84. The predicted octanol–water partition coefficient (Wildman–Crippen LogP) is 1.93. The molecular weight excluding hydrogens is 303 g/mol. The number of hydrogen-bond acceptors (Lipinski definition) is 3. The Hall–Kier alpha value is -1.89. The van der Waals surface area contributed by atoms with Gasteiger partial charge in [-0.15, -0.1) is 0 Å². The van der Waals surface area contributed by atoms with E-state index in [4.69, 9.17) is 10.9 Å². The van der Waals surface area contributed by atoms with E-state index in [-0.39, 0.29) is 11.7 Å². The van der Waals surface area contributed by atoms with Gasteiger partial charge in [0.15, 0.2) is 5.82 Å². The number of hydrogen-bond donors (Lipinski definition) is 2. The maximum absolute atomic E-state index is 13.4. The van der Waals surface area contributed by atoms with Gasteiger partial charge in [-0.3, -0.25) is 0 Å². The van der Waals surface area contributed by atoms with E-state index in [1.165, 1.54) is 12.3 Å². The molecular formula is C11H10BrFN4O. The number of aromatic nitrogens is 2. The second-order valence-corrected chi connectivity index (χ2v) is 4.37. The van der Waals surface area contributed by atoms with Gasteiger partial charge in [0, 0.05) is 12.4 Å². The van der Waals surface area contributed by atoms with Crippen LogP contribution in [0.5, 0.6) is 0 Å². The Morgan fingerprint density at radius 3 is 3.06 bits per heavy atom. The fourth-order valence-electron chi connectivity index (χ4n) is 1.57. The zero-order valence-electron chi connectivity index (χ0n) is 9.22. The van der Waals surface area contributed by atoms with Gasteiger partial charge in [-0.1, -0.05) is 17.3 Å². The number of imidazole rings is 1. The Labute approximate surface area is 111 Å². The molecule has 1 aromatic heterocycles. The van der Waals surface area contributed by atoms with E-state index in [2.05, 4.69) is 26.1 Å². The molecule has 0 aliphatic carbocycles. The Balaban J connectivity index is 2.35. The fraction of sp³-hybridized carbons (Fsp3) is 0.0909. The fourth-order valence-corrected chi connectivity index (χ4v) is 1.96. The molecule has 0 aliphatic rings. The second-order valence-electron chi connectivity index (χ2n) is 3.58. The van der Waals surface area contributed by atoms with Crippen LogP contribution in [-0.2, 0) is 6.54 Å². The van der Waals surface area contributed by atoms with Crippen LogP contribution >= 0.6 is 15.9 Å². The van der Waals surface area contributed by atoms with E-state index in [1.54, 1.807) is 22.9 Å². The Morgan fingerprint density at radius 1 is 1.56 bits per heavy atom. The molecule has 0 saturated heterocycles. The lowest BCUT2D eigenvalue weighted by atomic mass is 10.2. The van der Waals surface area contributed by atoms with E-state index < -0.39 is 0 Å². The average Bonchev–Trinajstić information content (AvgIpc) is 2.82. The molecule has 0 spiro atoms. The van der Waals surface area contributed by atoms with Gasteiger partial charge in [0.2, 0.25) is 5.84 Å². The molecule has 0 amide bonds. The first-order chi connectivity index (χ1) is 8.63. The van der Waals surface area contributed by atoms with Gasteiger partial charge < -0.3 is 15.5 Å². The second kappa shape index (κ2) is 5.18. The molecule has 1 heterocycles. The van der Waals surface area contributed by atoms with Gasteiger partial charge >= 0.3 is 0 Å². The van der Waals surface area contributed by atoms with Crippen molar-refractivity contribution in [1.29, 1.82) is 0 Å². The third-order valence-electron chi connectivity index (χ3n) is 2.42. The summed E-state index contributed by atoms with van der Waals surface area (Å²) in [5.41, 5.74) is 6.23. The molecule has 7 heteroatoms. The summed E-state index contributed by atoms with van der Waals surface area (Å²) in [6.07, 6.45) is 3.20. The summed E-state index contributed by atoms with van der Waals surface area (Å²) in [6, 6.07) is 4.77. The van der Waals surface area contributed by atoms with E-state index in [9.17, 15) is 4.39 Å². The molecule has 2 aromatic rings. The van der Waals surface area contributed by atoms with Crippen molar-refractivity contribution in [2.24, 2.45) is 10.9 Å². The topological polar surface area (TPSA) is 76.4 Å². The predicted molar refractivity (Wildman–Crippen MR) is 67.9 cm³/mol. The third kappa shape index (κ3) is 2.35. The van der Waals surface area contributed by atoms with Crippen molar-refractivity contribution in [3.8, 4) is 0 Å². The molecule has 0 fully saturated rings. The van der Waals surface area contributed by atoms with Crippen LogP contribution in [0.15, 0.2) is 40.2 Å². The lowest BCUT2D eigenvalue weighted by molar-refractivity contribution is 0.318. The van der Waals surface area contributed by atoms with Crippen LogP contribution in [-0.4, -0.2) is 20.6 Å². The minimum absolute atomic E-state index is 0.0903. The number of nitrogens with zero attached hydrogens (tertiary/aromatic N) is 3. The van der Waals surface area contributed by atoms with Crippen LogP contribution in [0, 0.1) is 5.82 Å². The lowest BCUT2D eigenvalue weighted by Crippen LogP contribution is -2.20. The molecule has 5 nitrogen and oxygen atoms in total. The maximum Gasteiger partial charge on any atom is 0.206 e. The van der Waals surface area contributed by atoms with Gasteiger partial charge in [-0.05, 0) is 27.6 Å². The van der Waals surface area contributed by atoms with Gasteiger partial charge in [0.1, 0.15) is 5.82 Å². The van der Waals surface area contributed by atoms with E-state index in [0.29, 0.717) is 16.8 Å². The first kappa shape index (κ1) is 12.6. The highest BCUT2D eigenvalue weighted by Crippen LogP contribution is 2.21. The highest BCUT2D eigenvalue weighted by molar-refractivity contribution is 9.10. The summed E-state index contributed by atoms with van der Waals surface area (Å²) in [4.78, 5) is 3.97. The summed E-state index contributed by atoms with van der Waals surface area (Å²) >= 11 is 3.19. The van der Waals surface area contributed by atoms with Crippen molar-refractivity contribution in [3.63, 3.8) is 0 Å². The Bertz CT molecular complexity index is 596. The van der Waals surface area contributed by atoms with Gasteiger partial charge in [-0.2, -0.15) is 0 Å². The van der Waals surface area contributed by atoms with E-state index >= 15 is 0 Å². The van der Waals surface area contributed by atoms with Gasteiger partial charge in [-0.25, -0.2) is 9.37 Å². The van der Waals surface area contributed by atoms with Crippen molar-refractivity contribution >= 4 is 21.8 Å². The standard InChI is InChI=1S/C11H10BrFN4O/c12-9-7(2-1-3-8(9)13)6-17-5-4-15-11(17)10(14)16-18/h1-5,18H,6H2,(H2,14,16). The van der Waals surface area contributed by atoms with Gasteiger partial charge in [0.05, 0.1) is 11.0 Å². The summed E-state index contributed by atoms with van der Waals surface area (Å²) in [7, 11) is 0. The number of halogens is 2. The van der Waals surface area contributed by atoms with Crippen LogP contribution in [0.2, 0.25) is 0 Å². The number of oxime groups is 1. The lowest BCUT2D eigenvalue weighted by Gasteiger charge is -2.09. The van der Waals surface area contributed by atoms with Crippen LogP contribution in [0.1, 0.15) is 11.4 Å². The summed E-state index contributed by atoms with van der Waals surface area (Å²) in [5.74, 6) is -0.0980. The molecule has 0 bridgehead atoms. The van der Waals surface area contributed by atoms with Crippen LogP contribution in [0.4, 0.5) is 4.39 Å². The maximum atomic E-state index is 13.4. The number of rotatable bonds is 3. The zero-order valence-corrected chi connectivity index (χ0v) is 10.8. The molecule has 2 rings (SSSR count).